The highest BCUT2D eigenvalue weighted by atomic mass is 35.5. The van der Waals surface area contributed by atoms with Gasteiger partial charge in [0, 0.05) is 11.1 Å². The van der Waals surface area contributed by atoms with Crippen molar-refractivity contribution in [3.8, 4) is 0 Å². The molecule has 1 aliphatic rings. The zero-order chi connectivity index (χ0) is 14.0. The number of benzene rings is 1. The van der Waals surface area contributed by atoms with Gasteiger partial charge in [0.05, 0.1) is 0 Å². The molecule has 4 atom stereocenters. The van der Waals surface area contributed by atoms with Gasteiger partial charge in [-0.3, -0.25) is 0 Å². The van der Waals surface area contributed by atoms with Crippen LogP contribution >= 0.6 is 11.6 Å². The highest BCUT2D eigenvalue weighted by Crippen LogP contribution is 2.58. The minimum atomic E-state index is 0.364. The highest BCUT2D eigenvalue weighted by molar-refractivity contribution is 6.30. The number of nitrogens with one attached hydrogen (secondary N) is 1. The fourth-order valence-corrected chi connectivity index (χ4v) is 4.11. The van der Waals surface area contributed by atoms with E-state index in [1.165, 1.54) is 18.4 Å². The van der Waals surface area contributed by atoms with Gasteiger partial charge in [-0.15, -0.1) is 0 Å². The second kappa shape index (κ2) is 5.85. The third-order valence-electron chi connectivity index (χ3n) is 5.08. The van der Waals surface area contributed by atoms with Gasteiger partial charge in [0.15, 0.2) is 0 Å². The molecule has 1 aromatic rings. The molecular weight excluding hydrogens is 254 g/mol. The van der Waals surface area contributed by atoms with Gasteiger partial charge in [0.2, 0.25) is 0 Å². The van der Waals surface area contributed by atoms with Crippen molar-refractivity contribution in [1.82, 2.24) is 5.32 Å². The molecule has 1 N–H and O–H groups in total. The third kappa shape index (κ3) is 2.55. The van der Waals surface area contributed by atoms with E-state index in [-0.39, 0.29) is 0 Å². The van der Waals surface area contributed by atoms with Crippen LogP contribution in [0.15, 0.2) is 24.3 Å². The molecule has 1 fully saturated rings. The normalized spacial score (nSPS) is 34.1. The van der Waals surface area contributed by atoms with Gasteiger partial charge < -0.3 is 5.32 Å². The van der Waals surface area contributed by atoms with Crippen molar-refractivity contribution in [1.29, 1.82) is 0 Å². The molecule has 0 spiro atoms. The van der Waals surface area contributed by atoms with Crippen molar-refractivity contribution in [3.05, 3.63) is 34.9 Å². The van der Waals surface area contributed by atoms with Crippen LogP contribution < -0.4 is 5.32 Å². The van der Waals surface area contributed by atoms with Crippen LogP contribution in [0, 0.1) is 11.3 Å². The summed E-state index contributed by atoms with van der Waals surface area (Å²) in [6.07, 6.45) is 2.42. The first kappa shape index (κ1) is 14.9. The Labute approximate surface area is 122 Å². The molecule has 0 amide bonds. The lowest BCUT2D eigenvalue weighted by Gasteiger charge is -2.60. The lowest BCUT2D eigenvalue weighted by Crippen LogP contribution is -2.62. The second-order valence-corrected chi connectivity index (χ2v) is 6.62. The van der Waals surface area contributed by atoms with Crippen molar-refractivity contribution < 1.29 is 0 Å². The zero-order valence-electron chi connectivity index (χ0n) is 12.5. The maximum Gasteiger partial charge on any atom is 0.0406 e. The Bertz CT molecular complexity index is 414. The Kier molecular flexibility index (Phi) is 4.58. The first-order chi connectivity index (χ1) is 9.04. The van der Waals surface area contributed by atoms with E-state index >= 15 is 0 Å². The molecule has 1 nitrogen and oxygen atoms in total. The molecule has 1 aromatic carbocycles. The Morgan fingerprint density at radius 3 is 2.37 bits per heavy atom. The molecule has 0 heterocycles. The van der Waals surface area contributed by atoms with E-state index in [0.717, 1.165) is 11.6 Å². The topological polar surface area (TPSA) is 12.0 Å². The molecule has 4 unspecified atom stereocenters. The van der Waals surface area contributed by atoms with Crippen molar-refractivity contribution >= 4 is 11.6 Å². The van der Waals surface area contributed by atoms with E-state index in [2.05, 4.69) is 45.1 Å². The van der Waals surface area contributed by atoms with Crippen molar-refractivity contribution in [2.75, 3.05) is 6.54 Å². The molecule has 19 heavy (non-hydrogen) atoms. The van der Waals surface area contributed by atoms with E-state index < -0.39 is 0 Å². The molecule has 106 valence electrons. The number of halogens is 1. The van der Waals surface area contributed by atoms with Crippen molar-refractivity contribution in [2.24, 2.45) is 11.3 Å². The molecule has 0 saturated heterocycles. The molecule has 0 bridgehead atoms. The van der Waals surface area contributed by atoms with Gasteiger partial charge in [0.25, 0.3) is 0 Å². The predicted molar refractivity (Wildman–Crippen MR) is 83.8 cm³/mol. The minimum absolute atomic E-state index is 0.364. The monoisotopic (exact) mass is 279 g/mol. The number of hydrogen-bond acceptors (Lipinski definition) is 1. The molecule has 1 saturated carbocycles. The summed E-state index contributed by atoms with van der Waals surface area (Å²) in [6.45, 7) is 10.5. The Hall–Kier alpha value is -0.530. The Morgan fingerprint density at radius 1 is 1.21 bits per heavy atom. The average Bonchev–Trinajstić information content (AvgIpc) is 2.41. The minimum Gasteiger partial charge on any atom is -0.313 e. The molecule has 2 heteroatoms. The molecule has 0 aromatic heterocycles. The summed E-state index contributed by atoms with van der Waals surface area (Å²) in [7, 11) is 0. The van der Waals surface area contributed by atoms with E-state index in [1.54, 1.807) is 0 Å². The summed E-state index contributed by atoms with van der Waals surface area (Å²) in [5.74, 6) is 1.33. The van der Waals surface area contributed by atoms with Gasteiger partial charge in [-0.1, -0.05) is 51.4 Å². The SMILES string of the molecule is CCCNC1C(C)C(c2ccc(Cl)cc2)C1(C)CC. The fraction of sp³-hybridized carbons (Fsp3) is 0.647. The highest BCUT2D eigenvalue weighted by Gasteiger charge is 2.55. The summed E-state index contributed by atoms with van der Waals surface area (Å²) in [5, 5.41) is 4.57. The predicted octanol–water partition coefficient (Wildman–Crippen LogP) is 4.86. The van der Waals surface area contributed by atoms with Gasteiger partial charge >= 0.3 is 0 Å². The lowest BCUT2D eigenvalue weighted by atomic mass is 9.48. The van der Waals surface area contributed by atoms with Crippen LogP contribution in [-0.2, 0) is 0 Å². The molecular formula is C17H26ClN. The molecule has 0 aliphatic heterocycles. The van der Waals surface area contributed by atoms with Gasteiger partial charge in [-0.05, 0) is 54.3 Å². The summed E-state index contributed by atoms with van der Waals surface area (Å²) in [6, 6.07) is 9.08. The summed E-state index contributed by atoms with van der Waals surface area (Å²) >= 11 is 6.00. The maximum absolute atomic E-state index is 6.00. The van der Waals surface area contributed by atoms with E-state index in [0.29, 0.717) is 23.3 Å². The molecule has 0 radical (unpaired) electrons. The van der Waals surface area contributed by atoms with Gasteiger partial charge in [0.1, 0.15) is 0 Å². The van der Waals surface area contributed by atoms with E-state index in [1.807, 2.05) is 12.1 Å². The Balaban J connectivity index is 2.19. The smallest absolute Gasteiger partial charge is 0.0406 e. The molecule has 2 rings (SSSR count). The van der Waals surface area contributed by atoms with Crippen LogP contribution in [0.2, 0.25) is 5.02 Å². The van der Waals surface area contributed by atoms with Crippen LogP contribution in [0.3, 0.4) is 0 Å². The van der Waals surface area contributed by atoms with Gasteiger partial charge in [-0.2, -0.15) is 0 Å². The average molecular weight is 280 g/mol. The quantitative estimate of drug-likeness (QED) is 0.812. The number of rotatable bonds is 5. The largest absolute Gasteiger partial charge is 0.313 e. The first-order valence-electron chi connectivity index (χ1n) is 7.53. The lowest BCUT2D eigenvalue weighted by molar-refractivity contribution is -0.0195. The number of hydrogen-bond donors (Lipinski definition) is 1. The zero-order valence-corrected chi connectivity index (χ0v) is 13.3. The van der Waals surface area contributed by atoms with Crippen LogP contribution in [-0.4, -0.2) is 12.6 Å². The van der Waals surface area contributed by atoms with Crippen LogP contribution in [0.1, 0.15) is 52.0 Å². The van der Waals surface area contributed by atoms with Crippen molar-refractivity contribution in [2.45, 2.75) is 52.5 Å². The Morgan fingerprint density at radius 2 is 1.84 bits per heavy atom. The van der Waals surface area contributed by atoms with Gasteiger partial charge in [-0.25, -0.2) is 0 Å². The molecule has 1 aliphatic carbocycles. The van der Waals surface area contributed by atoms with Crippen molar-refractivity contribution in [3.63, 3.8) is 0 Å². The van der Waals surface area contributed by atoms with Crippen LogP contribution in [0.5, 0.6) is 0 Å². The third-order valence-corrected chi connectivity index (χ3v) is 5.33. The summed E-state index contributed by atoms with van der Waals surface area (Å²) in [5.41, 5.74) is 1.80. The summed E-state index contributed by atoms with van der Waals surface area (Å²) < 4.78 is 0. The first-order valence-corrected chi connectivity index (χ1v) is 7.91. The van der Waals surface area contributed by atoms with E-state index in [9.17, 15) is 0 Å². The second-order valence-electron chi connectivity index (χ2n) is 6.18. The maximum atomic E-state index is 6.00. The fourth-order valence-electron chi connectivity index (χ4n) is 3.98. The van der Waals surface area contributed by atoms with Crippen LogP contribution in [0.25, 0.3) is 0 Å². The standard InChI is InChI=1S/C17H26ClN/c1-5-11-19-16-12(3)15(17(16,4)6-2)13-7-9-14(18)10-8-13/h7-10,12,15-16,19H,5-6,11H2,1-4H3. The van der Waals surface area contributed by atoms with E-state index in [4.69, 9.17) is 11.6 Å². The summed E-state index contributed by atoms with van der Waals surface area (Å²) in [4.78, 5) is 0. The van der Waals surface area contributed by atoms with Crippen LogP contribution in [0.4, 0.5) is 0 Å².